The number of carbonyl (C=O) groups is 4. The maximum Gasteiger partial charge on any atom is 0.273 e. The summed E-state index contributed by atoms with van der Waals surface area (Å²) in [6.45, 7) is 1.38. The molecular formula is C27H23N3O6. The largest absolute Gasteiger partial charge is 0.292 e. The van der Waals surface area contributed by atoms with Gasteiger partial charge in [-0.3, -0.25) is 29.3 Å². The van der Waals surface area contributed by atoms with Gasteiger partial charge in [0.2, 0.25) is 0 Å². The van der Waals surface area contributed by atoms with E-state index in [0.29, 0.717) is 17.4 Å². The van der Waals surface area contributed by atoms with Crippen LogP contribution in [-0.2, 0) is 9.59 Å². The number of amides is 3. The highest BCUT2D eigenvalue weighted by Gasteiger charge is 2.68. The second kappa shape index (κ2) is 7.94. The third kappa shape index (κ3) is 3.30. The molecule has 36 heavy (non-hydrogen) atoms. The number of hydrogen-bond donors (Lipinski definition) is 0. The van der Waals surface area contributed by atoms with Crippen molar-refractivity contribution < 1.29 is 24.1 Å². The van der Waals surface area contributed by atoms with E-state index in [1.165, 1.54) is 24.3 Å². The third-order valence-electron chi connectivity index (χ3n) is 8.11. The van der Waals surface area contributed by atoms with Crippen LogP contribution in [0.4, 0.5) is 5.69 Å². The smallest absolute Gasteiger partial charge is 0.273 e. The number of carbonyl (C=O) groups excluding carboxylic acids is 4. The number of non-ortho nitro benzene ring substituents is 1. The number of ketones is 1. The van der Waals surface area contributed by atoms with Gasteiger partial charge in [0.15, 0.2) is 5.78 Å². The third-order valence-corrected chi connectivity index (χ3v) is 8.11. The van der Waals surface area contributed by atoms with Crippen LogP contribution in [0.25, 0.3) is 0 Å². The number of aryl methyl sites for hydroxylation is 1. The number of nitro groups is 1. The molecule has 2 aromatic carbocycles. The molecule has 5 aliphatic rings. The second-order valence-corrected chi connectivity index (χ2v) is 10.1. The summed E-state index contributed by atoms with van der Waals surface area (Å²) < 4.78 is 0. The van der Waals surface area contributed by atoms with E-state index < -0.39 is 46.8 Å². The number of Topliss-reactive ketones (excluding diaryl/α,β-unsaturated/α-hetero) is 1. The van der Waals surface area contributed by atoms with E-state index >= 15 is 0 Å². The molecule has 1 heterocycles. The summed E-state index contributed by atoms with van der Waals surface area (Å²) in [4.78, 5) is 64.6. The van der Waals surface area contributed by atoms with E-state index in [1.54, 1.807) is 24.3 Å². The van der Waals surface area contributed by atoms with Crippen molar-refractivity contribution in [1.29, 1.82) is 0 Å². The Morgan fingerprint density at radius 2 is 1.44 bits per heavy atom. The first-order valence-electron chi connectivity index (χ1n) is 12.0. The molecular weight excluding hydrogens is 462 g/mol. The van der Waals surface area contributed by atoms with Crippen molar-refractivity contribution in [1.82, 2.24) is 10.0 Å². The maximum atomic E-state index is 13.7. The Morgan fingerprint density at radius 3 is 1.97 bits per heavy atom. The molecule has 4 aliphatic carbocycles. The number of benzene rings is 2. The molecule has 1 aliphatic heterocycles. The highest BCUT2D eigenvalue weighted by molar-refractivity contribution is 6.10. The average molecular weight is 485 g/mol. The number of hydrazine groups is 1. The molecule has 0 unspecified atom stereocenters. The predicted molar refractivity (Wildman–Crippen MR) is 126 cm³/mol. The van der Waals surface area contributed by atoms with E-state index in [1.807, 2.05) is 19.1 Å². The van der Waals surface area contributed by atoms with Gasteiger partial charge in [0.25, 0.3) is 23.4 Å². The fourth-order valence-corrected chi connectivity index (χ4v) is 6.25. The van der Waals surface area contributed by atoms with Crippen LogP contribution < -0.4 is 0 Å². The number of nitrogens with zero attached hydrogens (tertiary/aromatic N) is 3. The monoisotopic (exact) mass is 485 g/mol. The van der Waals surface area contributed by atoms with Gasteiger partial charge in [0.05, 0.1) is 16.8 Å². The molecule has 0 N–H and O–H groups in total. The summed E-state index contributed by atoms with van der Waals surface area (Å²) >= 11 is 0. The summed E-state index contributed by atoms with van der Waals surface area (Å²) in [6.07, 6.45) is 5.08. The first-order valence-corrected chi connectivity index (χ1v) is 12.0. The van der Waals surface area contributed by atoms with Crippen LogP contribution >= 0.6 is 0 Å². The van der Waals surface area contributed by atoms with Crippen molar-refractivity contribution >= 4 is 29.2 Å². The van der Waals surface area contributed by atoms with E-state index in [2.05, 4.69) is 0 Å². The average Bonchev–Trinajstić information content (AvgIpc) is 3.66. The minimum Gasteiger partial charge on any atom is -0.292 e. The van der Waals surface area contributed by atoms with E-state index in [0.717, 1.165) is 22.0 Å². The van der Waals surface area contributed by atoms with Crippen LogP contribution in [0.2, 0.25) is 0 Å². The molecule has 2 saturated carbocycles. The molecule has 2 bridgehead atoms. The zero-order valence-corrected chi connectivity index (χ0v) is 19.4. The first kappa shape index (κ1) is 22.3. The lowest BCUT2D eigenvalue weighted by atomic mass is 9.63. The Labute approximate surface area is 206 Å². The van der Waals surface area contributed by atoms with Crippen LogP contribution in [0.15, 0.2) is 60.7 Å². The fourth-order valence-electron chi connectivity index (χ4n) is 6.25. The molecule has 1 saturated heterocycles. The van der Waals surface area contributed by atoms with E-state index in [4.69, 9.17) is 0 Å². The Balaban J connectivity index is 1.35. The predicted octanol–water partition coefficient (Wildman–Crippen LogP) is 3.20. The fraction of sp³-hybridized carbons (Fsp3) is 0.333. The lowest BCUT2D eigenvalue weighted by Crippen LogP contribution is -2.52. The van der Waals surface area contributed by atoms with Crippen molar-refractivity contribution in [2.75, 3.05) is 6.54 Å². The molecule has 2 aromatic rings. The number of rotatable bonds is 6. The topological polar surface area (TPSA) is 118 Å². The molecule has 9 nitrogen and oxygen atoms in total. The van der Waals surface area contributed by atoms with Crippen molar-refractivity contribution in [3.05, 3.63) is 87.5 Å². The molecule has 3 fully saturated rings. The van der Waals surface area contributed by atoms with Gasteiger partial charge in [-0.1, -0.05) is 42.0 Å². The Kier molecular flexibility index (Phi) is 4.93. The lowest BCUT2D eigenvalue weighted by Gasteiger charge is -2.37. The van der Waals surface area contributed by atoms with Crippen LogP contribution in [0, 0.1) is 52.5 Å². The van der Waals surface area contributed by atoms with Crippen molar-refractivity contribution in [2.24, 2.45) is 35.5 Å². The van der Waals surface area contributed by atoms with Gasteiger partial charge in [-0.2, -0.15) is 5.01 Å². The molecule has 182 valence electrons. The van der Waals surface area contributed by atoms with Crippen LogP contribution in [-0.4, -0.2) is 45.0 Å². The van der Waals surface area contributed by atoms with Crippen LogP contribution in [0.3, 0.4) is 0 Å². The summed E-state index contributed by atoms with van der Waals surface area (Å²) in [7, 11) is 0. The van der Waals surface area contributed by atoms with Gasteiger partial charge in [0, 0.05) is 23.3 Å². The van der Waals surface area contributed by atoms with Gasteiger partial charge in [-0.25, -0.2) is 5.01 Å². The molecule has 6 atom stereocenters. The summed E-state index contributed by atoms with van der Waals surface area (Å²) in [5, 5.41) is 12.8. The summed E-state index contributed by atoms with van der Waals surface area (Å²) in [6, 6.07) is 11.7. The van der Waals surface area contributed by atoms with Crippen molar-refractivity contribution in [2.45, 2.75) is 13.3 Å². The van der Waals surface area contributed by atoms with E-state index in [-0.39, 0.29) is 23.1 Å². The van der Waals surface area contributed by atoms with Gasteiger partial charge in [-0.05, 0) is 49.1 Å². The highest BCUT2D eigenvalue weighted by Crippen LogP contribution is 2.65. The molecule has 0 aromatic heterocycles. The molecule has 7 rings (SSSR count). The maximum absolute atomic E-state index is 13.7. The number of allylic oxidation sites excluding steroid dienone is 2. The minimum absolute atomic E-state index is 0.0319. The number of nitro benzene ring substituents is 1. The van der Waals surface area contributed by atoms with Gasteiger partial charge < -0.3 is 0 Å². The van der Waals surface area contributed by atoms with Gasteiger partial charge in [0.1, 0.15) is 6.54 Å². The zero-order valence-electron chi connectivity index (χ0n) is 19.4. The summed E-state index contributed by atoms with van der Waals surface area (Å²) in [5.41, 5.74) is 1.15. The van der Waals surface area contributed by atoms with Crippen LogP contribution in [0.5, 0.6) is 0 Å². The molecule has 9 heteroatoms. The second-order valence-electron chi connectivity index (χ2n) is 10.1. The minimum atomic E-state index is -0.740. The SMILES string of the molecule is Cc1ccc(C(=O)CN(C(=O)c2ccc([N+](=O)[O-])cc2)N2C(=O)[C@@H]3[C@H]4C=C[C@@H]([C@@H]5C[C@H]45)[C@@H]3C2=O)cc1. The summed E-state index contributed by atoms with van der Waals surface area (Å²) in [5.74, 6) is -2.41. The normalized spacial score (nSPS) is 29.1. The molecule has 0 radical (unpaired) electrons. The van der Waals surface area contributed by atoms with Gasteiger partial charge in [-0.15, -0.1) is 0 Å². The molecule has 0 spiro atoms. The number of hydrogen-bond acceptors (Lipinski definition) is 6. The van der Waals surface area contributed by atoms with Gasteiger partial charge >= 0.3 is 0 Å². The van der Waals surface area contributed by atoms with Crippen molar-refractivity contribution in [3.63, 3.8) is 0 Å². The molecule has 3 amide bonds. The standard InChI is InChI=1S/C27H23N3O6/c1-14-2-4-15(5-3-14)22(31)13-28(25(32)16-6-8-17(9-7-16)30(35)36)29-26(33)23-18-10-11-19(21-12-20(18)21)24(23)27(29)34/h2-11,18-21,23-24H,12-13H2,1H3/t18-,19-,20-,21+,23-,24+/m0/s1. The quantitative estimate of drug-likeness (QED) is 0.204. The lowest BCUT2D eigenvalue weighted by molar-refractivity contribution is -0.384. The Hall–Kier alpha value is -4.14. The van der Waals surface area contributed by atoms with E-state index in [9.17, 15) is 29.3 Å². The Bertz CT molecular complexity index is 1310. The Morgan fingerprint density at radius 1 is 0.917 bits per heavy atom. The van der Waals surface area contributed by atoms with Crippen LogP contribution in [0.1, 0.15) is 32.7 Å². The number of imide groups is 1. The zero-order chi connectivity index (χ0) is 25.3. The first-order chi connectivity index (χ1) is 17.3. The van der Waals surface area contributed by atoms with Crippen molar-refractivity contribution in [3.8, 4) is 0 Å². The highest BCUT2D eigenvalue weighted by atomic mass is 16.6.